The van der Waals surface area contributed by atoms with Crippen LogP contribution in [-0.4, -0.2) is 42.3 Å². The third-order valence-electron chi connectivity index (χ3n) is 4.16. The Morgan fingerprint density at radius 2 is 2.14 bits per heavy atom. The average molecular weight is 290 g/mol. The maximum Gasteiger partial charge on any atom is 0.137 e. The summed E-state index contributed by atoms with van der Waals surface area (Å²) in [5.41, 5.74) is 1.17. The van der Waals surface area contributed by atoms with Crippen LogP contribution in [0.3, 0.4) is 0 Å². The zero-order chi connectivity index (χ0) is 14.8. The Balaban J connectivity index is 1.91. The first-order chi connectivity index (χ1) is 10.2. The van der Waals surface area contributed by atoms with Crippen molar-refractivity contribution in [3.63, 3.8) is 0 Å². The summed E-state index contributed by atoms with van der Waals surface area (Å²) in [5.74, 6) is 3.71. The van der Waals surface area contributed by atoms with Gasteiger partial charge in [-0.25, -0.2) is 9.97 Å². The first-order valence-corrected chi connectivity index (χ1v) is 8.18. The Labute approximate surface area is 127 Å². The van der Waals surface area contributed by atoms with Gasteiger partial charge < -0.3 is 15.0 Å². The fraction of sp³-hybridized carbons (Fsp3) is 0.750. The molecular weight excluding hydrogens is 264 g/mol. The normalized spacial score (nSPS) is 22.4. The summed E-state index contributed by atoms with van der Waals surface area (Å²) in [6.45, 7) is 10.00. The molecule has 2 fully saturated rings. The van der Waals surface area contributed by atoms with E-state index in [9.17, 15) is 0 Å². The molecule has 1 saturated carbocycles. The molecule has 2 heterocycles. The van der Waals surface area contributed by atoms with Crippen LogP contribution in [0.2, 0.25) is 0 Å². The molecule has 1 aliphatic carbocycles. The van der Waals surface area contributed by atoms with Crippen molar-refractivity contribution in [3.8, 4) is 0 Å². The Morgan fingerprint density at radius 3 is 2.81 bits per heavy atom. The quantitative estimate of drug-likeness (QED) is 0.903. The van der Waals surface area contributed by atoms with Crippen LogP contribution in [0.15, 0.2) is 0 Å². The second-order valence-electron chi connectivity index (χ2n) is 6.21. The minimum atomic E-state index is 0.268. The van der Waals surface area contributed by atoms with Crippen molar-refractivity contribution in [1.82, 2.24) is 9.97 Å². The monoisotopic (exact) mass is 290 g/mol. The van der Waals surface area contributed by atoms with Gasteiger partial charge in [0.2, 0.25) is 0 Å². The smallest absolute Gasteiger partial charge is 0.137 e. The van der Waals surface area contributed by atoms with E-state index in [1.807, 2.05) is 0 Å². The van der Waals surface area contributed by atoms with Gasteiger partial charge in [0.25, 0.3) is 0 Å². The first kappa shape index (κ1) is 14.6. The van der Waals surface area contributed by atoms with Gasteiger partial charge >= 0.3 is 0 Å². The van der Waals surface area contributed by atoms with Gasteiger partial charge in [-0.2, -0.15) is 0 Å². The van der Waals surface area contributed by atoms with E-state index in [1.54, 1.807) is 0 Å². The van der Waals surface area contributed by atoms with E-state index in [0.29, 0.717) is 5.92 Å². The Hall–Kier alpha value is -1.36. The molecule has 1 aromatic rings. The second-order valence-corrected chi connectivity index (χ2v) is 6.21. The second kappa shape index (κ2) is 6.18. The summed E-state index contributed by atoms with van der Waals surface area (Å²) in [7, 11) is 0. The molecule has 2 aliphatic rings. The number of anilines is 2. The zero-order valence-electron chi connectivity index (χ0n) is 13.4. The van der Waals surface area contributed by atoms with Crippen LogP contribution in [0, 0.1) is 6.92 Å². The van der Waals surface area contributed by atoms with E-state index in [-0.39, 0.29) is 6.10 Å². The molecule has 0 bridgehead atoms. The number of nitrogens with one attached hydrogen (secondary N) is 1. The third-order valence-corrected chi connectivity index (χ3v) is 4.16. The predicted molar refractivity (Wildman–Crippen MR) is 85.2 cm³/mol. The number of nitrogens with zero attached hydrogens (tertiary/aromatic N) is 3. The topological polar surface area (TPSA) is 50.3 Å². The highest BCUT2D eigenvalue weighted by Gasteiger charge is 2.30. The standard InChI is InChI=1S/C16H26N4O/c1-4-7-17-14-12(3)16(19-15(18-14)13-5-6-13)20-8-9-21-11(2)10-20/h11,13H,4-10H2,1-3H3,(H,17,18,19). The van der Waals surface area contributed by atoms with Gasteiger partial charge in [0, 0.05) is 31.1 Å². The average Bonchev–Trinajstić information content (AvgIpc) is 3.31. The maximum absolute atomic E-state index is 5.65. The molecule has 1 saturated heterocycles. The summed E-state index contributed by atoms with van der Waals surface area (Å²) < 4.78 is 5.65. The number of aromatic nitrogens is 2. The molecule has 0 amide bonds. The molecule has 3 rings (SSSR count). The van der Waals surface area contributed by atoms with Crippen molar-refractivity contribution in [2.75, 3.05) is 36.5 Å². The molecule has 116 valence electrons. The lowest BCUT2D eigenvalue weighted by molar-refractivity contribution is 0.0529. The summed E-state index contributed by atoms with van der Waals surface area (Å²) in [4.78, 5) is 12.0. The highest BCUT2D eigenvalue weighted by molar-refractivity contribution is 5.59. The summed E-state index contributed by atoms with van der Waals surface area (Å²) in [5, 5.41) is 3.47. The van der Waals surface area contributed by atoms with Gasteiger partial charge in [0.15, 0.2) is 0 Å². The van der Waals surface area contributed by atoms with Crippen LogP contribution in [0.1, 0.15) is 50.4 Å². The minimum Gasteiger partial charge on any atom is -0.375 e. The number of hydrogen-bond donors (Lipinski definition) is 1. The molecular formula is C16H26N4O. The summed E-state index contributed by atoms with van der Waals surface area (Å²) in [6, 6.07) is 0. The molecule has 1 atom stereocenters. The van der Waals surface area contributed by atoms with E-state index in [4.69, 9.17) is 14.7 Å². The SMILES string of the molecule is CCCNc1nc(C2CC2)nc(N2CCOC(C)C2)c1C. The highest BCUT2D eigenvalue weighted by Crippen LogP contribution is 2.40. The number of hydrogen-bond acceptors (Lipinski definition) is 5. The molecule has 21 heavy (non-hydrogen) atoms. The molecule has 0 spiro atoms. The number of ether oxygens (including phenoxy) is 1. The van der Waals surface area contributed by atoms with E-state index in [0.717, 1.165) is 50.1 Å². The fourth-order valence-electron chi connectivity index (χ4n) is 2.78. The number of rotatable bonds is 5. The van der Waals surface area contributed by atoms with Gasteiger partial charge in [0.05, 0.1) is 12.7 Å². The van der Waals surface area contributed by atoms with Crippen LogP contribution in [0.4, 0.5) is 11.6 Å². The van der Waals surface area contributed by atoms with E-state index < -0.39 is 0 Å². The number of morpholine rings is 1. The van der Waals surface area contributed by atoms with Crippen molar-refractivity contribution in [1.29, 1.82) is 0 Å². The Bertz CT molecular complexity index is 501. The van der Waals surface area contributed by atoms with Gasteiger partial charge in [-0.3, -0.25) is 0 Å². The molecule has 1 aliphatic heterocycles. The zero-order valence-corrected chi connectivity index (χ0v) is 13.4. The highest BCUT2D eigenvalue weighted by atomic mass is 16.5. The lowest BCUT2D eigenvalue weighted by Gasteiger charge is -2.33. The van der Waals surface area contributed by atoms with E-state index >= 15 is 0 Å². The molecule has 1 aromatic heterocycles. The van der Waals surface area contributed by atoms with E-state index in [2.05, 4.69) is 31.0 Å². The van der Waals surface area contributed by atoms with Crippen LogP contribution in [0.25, 0.3) is 0 Å². The van der Waals surface area contributed by atoms with Crippen LogP contribution >= 0.6 is 0 Å². The van der Waals surface area contributed by atoms with Crippen LogP contribution < -0.4 is 10.2 Å². The molecule has 0 radical (unpaired) electrons. The largest absolute Gasteiger partial charge is 0.375 e. The lowest BCUT2D eigenvalue weighted by atomic mass is 10.2. The van der Waals surface area contributed by atoms with Crippen molar-refractivity contribution in [3.05, 3.63) is 11.4 Å². The maximum atomic E-state index is 5.65. The summed E-state index contributed by atoms with van der Waals surface area (Å²) >= 11 is 0. The van der Waals surface area contributed by atoms with Gasteiger partial charge in [-0.05, 0) is 33.1 Å². The van der Waals surface area contributed by atoms with Gasteiger partial charge in [0.1, 0.15) is 17.5 Å². The van der Waals surface area contributed by atoms with Crippen molar-refractivity contribution < 1.29 is 4.74 Å². The van der Waals surface area contributed by atoms with Crippen molar-refractivity contribution >= 4 is 11.6 Å². The third kappa shape index (κ3) is 3.28. The summed E-state index contributed by atoms with van der Waals surface area (Å²) in [6.07, 6.45) is 3.83. The van der Waals surface area contributed by atoms with Crippen molar-refractivity contribution in [2.45, 2.75) is 52.1 Å². The fourth-order valence-corrected chi connectivity index (χ4v) is 2.78. The lowest BCUT2D eigenvalue weighted by Crippen LogP contribution is -2.42. The molecule has 1 N–H and O–H groups in total. The van der Waals surface area contributed by atoms with E-state index in [1.165, 1.54) is 18.4 Å². The molecule has 1 unspecified atom stereocenters. The minimum absolute atomic E-state index is 0.268. The molecule has 5 heteroatoms. The van der Waals surface area contributed by atoms with Crippen LogP contribution in [0.5, 0.6) is 0 Å². The Kier molecular flexibility index (Phi) is 4.29. The van der Waals surface area contributed by atoms with Gasteiger partial charge in [-0.1, -0.05) is 6.92 Å². The van der Waals surface area contributed by atoms with Gasteiger partial charge in [-0.15, -0.1) is 0 Å². The van der Waals surface area contributed by atoms with Crippen LogP contribution in [-0.2, 0) is 4.74 Å². The molecule has 5 nitrogen and oxygen atoms in total. The van der Waals surface area contributed by atoms with Crippen molar-refractivity contribution in [2.24, 2.45) is 0 Å². The Morgan fingerprint density at radius 1 is 1.33 bits per heavy atom. The first-order valence-electron chi connectivity index (χ1n) is 8.18. The predicted octanol–water partition coefficient (Wildman–Crippen LogP) is 2.71. The molecule has 0 aromatic carbocycles.